The van der Waals surface area contributed by atoms with Gasteiger partial charge in [-0.15, -0.1) is 0 Å². The van der Waals surface area contributed by atoms with E-state index in [1.807, 2.05) is 65.8 Å². The Morgan fingerprint density at radius 3 is 1.01 bits per heavy atom. The lowest BCUT2D eigenvalue weighted by atomic mass is 10.2. The van der Waals surface area contributed by atoms with Crippen molar-refractivity contribution in [3.63, 3.8) is 0 Å². The fourth-order valence-electron chi connectivity index (χ4n) is 12.0. The Morgan fingerprint density at radius 1 is 0.387 bits per heavy atom. The van der Waals surface area contributed by atoms with Gasteiger partial charge in [0, 0.05) is 245 Å². The highest BCUT2D eigenvalue weighted by atomic mass is 16.6. The fraction of sp³-hybridized carbons (Fsp3) is 0.831. The first-order valence-corrected chi connectivity index (χ1v) is 40.8. The SMILES string of the molecule is CCCCN1CCN(CCCCOC)CC1.COCCCCN(C)c1ccccc1.COCCCCN1CCN(C(=O)OC(C)(C)C)CC1.COCCCCN1CCN(C(=O)OC(C)(C)C)CC1.COCCCCN1CCN(C)CC1.COCCCCN1CCOCC1.COCCCCNc1ccccc1. The Bertz CT molecular complexity index is 2150. The molecular formula is C83H161N11O12. The molecule has 23 nitrogen and oxygen atoms in total. The third kappa shape index (κ3) is 58.9. The van der Waals surface area contributed by atoms with Gasteiger partial charge in [-0.05, 0) is 208 Å². The minimum atomic E-state index is -0.408. The summed E-state index contributed by atoms with van der Waals surface area (Å²) in [7, 11) is 16.6. The first kappa shape index (κ1) is 100.0. The molecule has 2 amide bonds. The number of hydrogen-bond donors (Lipinski definition) is 1. The van der Waals surface area contributed by atoms with Crippen molar-refractivity contribution in [2.75, 3.05) is 304 Å². The second kappa shape index (κ2) is 67.8. The zero-order chi connectivity index (χ0) is 78.0. The van der Waals surface area contributed by atoms with Gasteiger partial charge in [-0.25, -0.2) is 9.59 Å². The van der Waals surface area contributed by atoms with Crippen LogP contribution in [0.3, 0.4) is 0 Å². The number of para-hydroxylation sites is 2. The molecule has 106 heavy (non-hydrogen) atoms. The topological polar surface area (TPSA) is 171 Å². The van der Waals surface area contributed by atoms with Gasteiger partial charge in [-0.2, -0.15) is 0 Å². The summed E-state index contributed by atoms with van der Waals surface area (Å²) in [6.45, 7) is 49.9. The second-order valence-electron chi connectivity index (χ2n) is 30.2. The molecule has 1 N–H and O–H groups in total. The number of ether oxygens (including phenoxy) is 10. The van der Waals surface area contributed by atoms with Gasteiger partial charge in [0.05, 0.1) is 13.2 Å². The fourth-order valence-corrected chi connectivity index (χ4v) is 12.0. The molecule has 0 saturated carbocycles. The summed E-state index contributed by atoms with van der Waals surface area (Å²) in [5, 5.41) is 3.35. The van der Waals surface area contributed by atoms with E-state index in [-0.39, 0.29) is 12.2 Å². The van der Waals surface area contributed by atoms with Crippen LogP contribution in [0.15, 0.2) is 60.7 Å². The summed E-state index contributed by atoms with van der Waals surface area (Å²) >= 11 is 0. The van der Waals surface area contributed by atoms with Crippen molar-refractivity contribution in [3.8, 4) is 0 Å². The van der Waals surface area contributed by atoms with Crippen LogP contribution in [-0.2, 0) is 47.4 Å². The highest BCUT2D eigenvalue weighted by Crippen LogP contribution is 2.16. The van der Waals surface area contributed by atoms with E-state index in [1.54, 1.807) is 59.6 Å². The monoisotopic (exact) mass is 1500 g/mol. The van der Waals surface area contributed by atoms with E-state index in [0.717, 1.165) is 196 Å². The van der Waals surface area contributed by atoms with Gasteiger partial charge in [-0.3, -0.25) is 14.7 Å². The summed E-state index contributed by atoms with van der Waals surface area (Å²) in [5.74, 6) is 0. The van der Waals surface area contributed by atoms with E-state index >= 15 is 0 Å². The molecule has 5 aliphatic heterocycles. The number of carbonyl (C=O) groups excluding carboxylic acids is 2. The quantitative estimate of drug-likeness (QED) is 0.0624. The van der Waals surface area contributed by atoms with Gasteiger partial charge in [0.15, 0.2) is 0 Å². The van der Waals surface area contributed by atoms with Crippen LogP contribution in [-0.4, -0.2) is 361 Å². The second-order valence-corrected chi connectivity index (χ2v) is 30.2. The van der Waals surface area contributed by atoms with Gasteiger partial charge in [-0.1, -0.05) is 49.7 Å². The van der Waals surface area contributed by atoms with Crippen LogP contribution >= 0.6 is 0 Å². The number of rotatable bonds is 40. The average molecular weight is 1510 g/mol. The van der Waals surface area contributed by atoms with Gasteiger partial charge in [0.25, 0.3) is 0 Å². The van der Waals surface area contributed by atoms with E-state index in [4.69, 9.17) is 47.4 Å². The zero-order valence-electron chi connectivity index (χ0n) is 70.7. The van der Waals surface area contributed by atoms with Crippen molar-refractivity contribution in [2.45, 2.75) is 162 Å². The Kier molecular flexibility index (Phi) is 64.0. The summed E-state index contributed by atoms with van der Waals surface area (Å²) in [6, 6.07) is 20.7. The lowest BCUT2D eigenvalue weighted by Gasteiger charge is -2.35. The largest absolute Gasteiger partial charge is 0.444 e. The Balaban J connectivity index is 0.000000622. The summed E-state index contributed by atoms with van der Waals surface area (Å²) < 4.78 is 51.1. The number of piperazine rings is 4. The molecule has 2 aromatic carbocycles. The minimum Gasteiger partial charge on any atom is -0.444 e. The number of anilines is 2. The number of nitrogens with zero attached hydrogens (tertiary/aromatic N) is 10. The molecule has 0 aliphatic carbocycles. The van der Waals surface area contributed by atoms with E-state index in [9.17, 15) is 9.59 Å². The normalized spacial score (nSPS) is 16.5. The van der Waals surface area contributed by atoms with Crippen LogP contribution in [0.4, 0.5) is 21.0 Å². The summed E-state index contributed by atoms with van der Waals surface area (Å²) in [6.07, 6.45) is 18.8. The van der Waals surface area contributed by atoms with Crippen LogP contribution in [0.2, 0.25) is 0 Å². The molecule has 5 heterocycles. The molecule has 7 rings (SSSR count). The Morgan fingerprint density at radius 2 is 0.679 bits per heavy atom. The van der Waals surface area contributed by atoms with Crippen molar-refractivity contribution in [1.29, 1.82) is 0 Å². The maximum absolute atomic E-state index is 11.9. The molecule has 0 spiro atoms. The van der Waals surface area contributed by atoms with Crippen LogP contribution in [0.25, 0.3) is 0 Å². The molecule has 5 fully saturated rings. The molecule has 620 valence electrons. The summed E-state index contributed by atoms with van der Waals surface area (Å²) in [5.41, 5.74) is 1.66. The lowest BCUT2D eigenvalue weighted by molar-refractivity contribution is 0.0133. The Hall–Kier alpha value is -4.02. The van der Waals surface area contributed by atoms with E-state index < -0.39 is 11.2 Å². The van der Waals surface area contributed by atoms with Gasteiger partial charge >= 0.3 is 12.2 Å². The maximum Gasteiger partial charge on any atom is 0.410 e. The van der Waals surface area contributed by atoms with E-state index in [2.05, 4.69) is 102 Å². The molecule has 0 radical (unpaired) electrons. The predicted molar refractivity (Wildman–Crippen MR) is 440 cm³/mol. The maximum atomic E-state index is 11.9. The van der Waals surface area contributed by atoms with Gasteiger partial charge < -0.3 is 87.0 Å². The van der Waals surface area contributed by atoms with Crippen molar-refractivity contribution in [2.24, 2.45) is 0 Å². The number of benzene rings is 2. The van der Waals surface area contributed by atoms with Crippen LogP contribution < -0.4 is 10.2 Å². The Labute approximate surface area is 648 Å². The summed E-state index contributed by atoms with van der Waals surface area (Å²) in [4.78, 5) is 47.1. The molecule has 0 aromatic heterocycles. The standard InChI is InChI=1S/2C14H28N2O3.C13H28N2O.C12H19NO.C11H17NO.C10H22N2O.C9H19NO2/c2*1-14(2,3)19-13(17)16-10-8-15(9-11-16)7-5-6-12-18-4;1-3-4-7-14-9-11-15(12-10-14)8-5-6-13-16-2;1-13(10-6-7-11-14-2)12-8-4-3-5-9-12;1-13-10-6-5-9-12-11-7-3-2-4-8-11;1-11-6-8-12(9-7-11)5-3-4-10-13-2;1-11-7-3-2-4-10-5-8-12-9-6-10/h2*5-12H2,1-4H3;3-13H2,1-2H3;3-5,8-9H,6-7,10-11H2,1-2H3;2-4,7-8,12H,5-6,9-10H2,1H3;3-10H2,1-2H3;2-9H2,1H3. The molecule has 2 aromatic rings. The van der Waals surface area contributed by atoms with Crippen LogP contribution in [0.1, 0.15) is 151 Å². The van der Waals surface area contributed by atoms with Crippen molar-refractivity contribution in [3.05, 3.63) is 60.7 Å². The number of morpholine rings is 1. The first-order chi connectivity index (χ1) is 51.2. The number of carbonyl (C=O) groups is 2. The molecule has 5 aliphatic rings. The number of methoxy groups -OCH3 is 7. The highest BCUT2D eigenvalue weighted by molar-refractivity contribution is 5.68. The molecule has 5 saturated heterocycles. The number of likely N-dealkylation sites (N-methyl/N-ethyl adjacent to an activating group) is 1. The molecule has 0 bridgehead atoms. The first-order valence-electron chi connectivity index (χ1n) is 40.8. The molecule has 23 heteroatoms. The van der Waals surface area contributed by atoms with Gasteiger partial charge in [0.1, 0.15) is 11.2 Å². The number of hydrogen-bond acceptors (Lipinski definition) is 21. The number of unbranched alkanes of at least 4 members (excludes halogenated alkanes) is 8. The average Bonchev–Trinajstić information content (AvgIpc) is 0.878. The van der Waals surface area contributed by atoms with Crippen LogP contribution in [0, 0.1) is 0 Å². The molecular weight excluding hydrogens is 1340 g/mol. The van der Waals surface area contributed by atoms with E-state index in [1.165, 1.54) is 148 Å². The molecule has 0 atom stereocenters. The number of amides is 2. The smallest absolute Gasteiger partial charge is 0.410 e. The number of nitrogens with one attached hydrogen (secondary N) is 1. The van der Waals surface area contributed by atoms with Crippen molar-refractivity contribution < 1.29 is 57.0 Å². The highest BCUT2D eigenvalue weighted by Gasteiger charge is 2.27. The molecule has 0 unspecified atom stereocenters. The third-order valence-electron chi connectivity index (χ3n) is 18.6. The predicted octanol–water partition coefficient (Wildman–Crippen LogP) is 12.2. The third-order valence-corrected chi connectivity index (χ3v) is 18.6. The van der Waals surface area contributed by atoms with Crippen molar-refractivity contribution >= 4 is 23.6 Å². The van der Waals surface area contributed by atoms with E-state index in [0.29, 0.717) is 0 Å². The lowest BCUT2D eigenvalue weighted by Crippen LogP contribution is -2.50. The van der Waals surface area contributed by atoms with Crippen LogP contribution in [0.5, 0.6) is 0 Å². The minimum absolute atomic E-state index is 0.188. The van der Waals surface area contributed by atoms with Gasteiger partial charge in [0.2, 0.25) is 0 Å². The zero-order valence-corrected chi connectivity index (χ0v) is 70.7. The van der Waals surface area contributed by atoms with Crippen molar-refractivity contribution in [1.82, 2.24) is 44.1 Å².